The number of carbonyl (C=O) groups is 2. The number of likely N-dealkylation sites (N-methyl/N-ethyl adjacent to an activating group) is 1. The molecule has 0 fully saturated rings. The van der Waals surface area contributed by atoms with Gasteiger partial charge in [-0.2, -0.15) is 0 Å². The molecule has 0 saturated heterocycles. The van der Waals surface area contributed by atoms with Crippen molar-refractivity contribution >= 4 is 23.4 Å². The molecule has 1 unspecified atom stereocenters. The fourth-order valence-electron chi connectivity index (χ4n) is 3.41. The summed E-state index contributed by atoms with van der Waals surface area (Å²) in [6, 6.07) is 21.9. The number of hydrogen-bond donors (Lipinski definition) is 1. The van der Waals surface area contributed by atoms with Gasteiger partial charge in [-0.15, -0.1) is 0 Å². The molecule has 31 heavy (non-hydrogen) atoms. The Morgan fingerprint density at radius 1 is 0.935 bits per heavy atom. The summed E-state index contributed by atoms with van der Waals surface area (Å²) in [5, 5.41) is 3.20. The van der Waals surface area contributed by atoms with Crippen molar-refractivity contribution in [2.75, 3.05) is 7.05 Å². The van der Waals surface area contributed by atoms with E-state index in [1.807, 2.05) is 48.5 Å². The van der Waals surface area contributed by atoms with Crippen LogP contribution in [0.15, 0.2) is 78.9 Å². The standard InChI is InChI=1S/C25H24ClFN2O2/c1-28-25(31)23(15-18-7-3-2-4-8-18)29(17-20-9-5-6-10-22(20)26)24(30)16-19-11-13-21(27)14-12-19/h2-14,23H,15-17H2,1H3,(H,28,31). The van der Waals surface area contributed by atoms with Gasteiger partial charge in [0.2, 0.25) is 11.8 Å². The van der Waals surface area contributed by atoms with Gasteiger partial charge in [0.1, 0.15) is 11.9 Å². The summed E-state index contributed by atoms with van der Waals surface area (Å²) in [5.74, 6) is -0.865. The molecule has 0 aliphatic rings. The highest BCUT2D eigenvalue weighted by Crippen LogP contribution is 2.21. The number of carbonyl (C=O) groups excluding carboxylic acids is 2. The second-order valence-electron chi connectivity index (χ2n) is 7.24. The van der Waals surface area contributed by atoms with Crippen molar-refractivity contribution in [3.05, 3.63) is 106 Å². The minimum absolute atomic E-state index is 0.0486. The summed E-state index contributed by atoms with van der Waals surface area (Å²) in [7, 11) is 1.55. The number of nitrogens with zero attached hydrogens (tertiary/aromatic N) is 1. The van der Waals surface area contributed by atoms with Gasteiger partial charge >= 0.3 is 0 Å². The van der Waals surface area contributed by atoms with E-state index in [1.54, 1.807) is 30.1 Å². The lowest BCUT2D eigenvalue weighted by atomic mass is 10.0. The third kappa shape index (κ3) is 6.15. The Morgan fingerprint density at radius 2 is 1.58 bits per heavy atom. The highest BCUT2D eigenvalue weighted by atomic mass is 35.5. The van der Waals surface area contributed by atoms with Crippen LogP contribution in [0.5, 0.6) is 0 Å². The van der Waals surface area contributed by atoms with Crippen LogP contribution in [0.2, 0.25) is 5.02 Å². The van der Waals surface area contributed by atoms with Crippen molar-refractivity contribution in [3.63, 3.8) is 0 Å². The highest BCUT2D eigenvalue weighted by Gasteiger charge is 2.30. The maximum atomic E-state index is 13.4. The maximum Gasteiger partial charge on any atom is 0.242 e. The van der Waals surface area contributed by atoms with E-state index in [0.717, 1.165) is 11.1 Å². The molecule has 3 rings (SSSR count). The van der Waals surface area contributed by atoms with E-state index in [1.165, 1.54) is 12.1 Å². The van der Waals surface area contributed by atoms with Crippen LogP contribution in [-0.2, 0) is 29.0 Å². The molecule has 160 valence electrons. The Bertz CT molecular complexity index is 1030. The largest absolute Gasteiger partial charge is 0.357 e. The Labute approximate surface area is 186 Å². The van der Waals surface area contributed by atoms with Gasteiger partial charge in [-0.1, -0.05) is 72.3 Å². The Hall–Kier alpha value is -3.18. The van der Waals surface area contributed by atoms with Crippen molar-refractivity contribution in [3.8, 4) is 0 Å². The second-order valence-corrected chi connectivity index (χ2v) is 7.64. The topological polar surface area (TPSA) is 49.4 Å². The number of amides is 2. The highest BCUT2D eigenvalue weighted by molar-refractivity contribution is 6.31. The Balaban J connectivity index is 1.94. The normalized spacial score (nSPS) is 11.6. The summed E-state index contributed by atoms with van der Waals surface area (Å²) in [5.41, 5.74) is 2.36. The molecule has 3 aromatic rings. The SMILES string of the molecule is CNC(=O)C(Cc1ccccc1)N(Cc1ccccc1Cl)C(=O)Cc1ccc(F)cc1. The van der Waals surface area contributed by atoms with Gasteiger partial charge in [0.05, 0.1) is 6.42 Å². The van der Waals surface area contributed by atoms with Crippen molar-refractivity contribution in [1.82, 2.24) is 10.2 Å². The van der Waals surface area contributed by atoms with Crippen LogP contribution in [0.25, 0.3) is 0 Å². The first-order valence-corrected chi connectivity index (χ1v) is 10.4. The zero-order valence-corrected chi connectivity index (χ0v) is 18.0. The Morgan fingerprint density at radius 3 is 2.23 bits per heavy atom. The molecular weight excluding hydrogens is 415 g/mol. The predicted molar refractivity (Wildman–Crippen MR) is 120 cm³/mol. The number of nitrogens with one attached hydrogen (secondary N) is 1. The molecule has 0 radical (unpaired) electrons. The van der Waals surface area contributed by atoms with Crippen LogP contribution in [-0.4, -0.2) is 29.8 Å². The van der Waals surface area contributed by atoms with Crippen LogP contribution < -0.4 is 5.32 Å². The summed E-state index contributed by atoms with van der Waals surface area (Å²) in [6.07, 6.45) is 0.410. The minimum atomic E-state index is -0.725. The zero-order valence-electron chi connectivity index (χ0n) is 17.2. The molecule has 0 bridgehead atoms. The third-order valence-electron chi connectivity index (χ3n) is 5.08. The van der Waals surface area contributed by atoms with Gasteiger partial charge in [0.15, 0.2) is 0 Å². The van der Waals surface area contributed by atoms with E-state index in [2.05, 4.69) is 5.32 Å². The molecule has 0 heterocycles. The van der Waals surface area contributed by atoms with Gasteiger partial charge in [-0.05, 0) is 34.9 Å². The molecule has 0 aliphatic carbocycles. The summed E-state index contributed by atoms with van der Waals surface area (Å²) >= 11 is 6.35. The second kappa shape index (κ2) is 10.7. The average Bonchev–Trinajstić information content (AvgIpc) is 2.79. The van der Waals surface area contributed by atoms with Gasteiger partial charge in [0.25, 0.3) is 0 Å². The molecule has 0 saturated carbocycles. The molecule has 1 N–H and O–H groups in total. The molecule has 6 heteroatoms. The summed E-state index contributed by atoms with van der Waals surface area (Å²) < 4.78 is 13.3. The molecule has 4 nitrogen and oxygen atoms in total. The molecule has 0 aromatic heterocycles. The number of hydrogen-bond acceptors (Lipinski definition) is 2. The van der Waals surface area contributed by atoms with E-state index in [4.69, 9.17) is 11.6 Å². The number of benzene rings is 3. The molecule has 0 aliphatic heterocycles. The smallest absolute Gasteiger partial charge is 0.242 e. The lowest BCUT2D eigenvalue weighted by Gasteiger charge is -2.31. The van der Waals surface area contributed by atoms with Crippen LogP contribution in [0.3, 0.4) is 0 Å². The van der Waals surface area contributed by atoms with E-state index < -0.39 is 6.04 Å². The van der Waals surface area contributed by atoms with E-state index in [-0.39, 0.29) is 30.6 Å². The monoisotopic (exact) mass is 438 g/mol. The van der Waals surface area contributed by atoms with Crippen LogP contribution in [0.1, 0.15) is 16.7 Å². The van der Waals surface area contributed by atoms with Gasteiger partial charge < -0.3 is 10.2 Å². The van der Waals surface area contributed by atoms with Crippen molar-refractivity contribution < 1.29 is 14.0 Å². The van der Waals surface area contributed by atoms with E-state index in [9.17, 15) is 14.0 Å². The van der Waals surface area contributed by atoms with E-state index in [0.29, 0.717) is 17.0 Å². The third-order valence-corrected chi connectivity index (χ3v) is 5.45. The predicted octanol–water partition coefficient (Wildman–Crippen LogP) is 4.41. The number of halogens is 2. The first-order valence-electron chi connectivity index (χ1n) is 10.0. The number of rotatable bonds is 8. The fraction of sp³-hybridized carbons (Fsp3) is 0.200. The zero-order chi connectivity index (χ0) is 22.2. The van der Waals surface area contributed by atoms with Crippen LogP contribution in [0.4, 0.5) is 4.39 Å². The lowest BCUT2D eigenvalue weighted by molar-refractivity contribution is -0.140. The van der Waals surface area contributed by atoms with Gasteiger partial charge in [-0.3, -0.25) is 9.59 Å². The first kappa shape index (κ1) is 22.5. The molecule has 2 amide bonds. The van der Waals surface area contributed by atoms with Gasteiger partial charge in [-0.25, -0.2) is 4.39 Å². The van der Waals surface area contributed by atoms with Gasteiger partial charge in [0, 0.05) is 25.0 Å². The minimum Gasteiger partial charge on any atom is -0.357 e. The molecule has 1 atom stereocenters. The molecule has 0 spiro atoms. The first-order chi connectivity index (χ1) is 15.0. The van der Waals surface area contributed by atoms with E-state index >= 15 is 0 Å². The van der Waals surface area contributed by atoms with Crippen LogP contribution >= 0.6 is 11.6 Å². The van der Waals surface area contributed by atoms with Crippen molar-refractivity contribution in [2.45, 2.75) is 25.4 Å². The fourth-order valence-corrected chi connectivity index (χ4v) is 3.60. The summed E-state index contributed by atoms with van der Waals surface area (Å²) in [4.78, 5) is 27.8. The Kier molecular flexibility index (Phi) is 7.79. The molecular formula is C25H24ClFN2O2. The van der Waals surface area contributed by atoms with Crippen molar-refractivity contribution in [1.29, 1.82) is 0 Å². The quantitative estimate of drug-likeness (QED) is 0.566. The summed E-state index contributed by atoms with van der Waals surface area (Å²) in [6.45, 7) is 0.185. The lowest BCUT2D eigenvalue weighted by Crippen LogP contribution is -2.50. The maximum absolute atomic E-state index is 13.4. The molecule has 3 aromatic carbocycles. The van der Waals surface area contributed by atoms with Crippen molar-refractivity contribution in [2.24, 2.45) is 0 Å². The van der Waals surface area contributed by atoms with Crippen LogP contribution in [0, 0.1) is 5.82 Å². The average molecular weight is 439 g/mol.